The number of aryl methyl sites for hydroxylation is 2. The summed E-state index contributed by atoms with van der Waals surface area (Å²) in [6.45, 7) is 1.84. The molecule has 0 saturated carbocycles. The standard InChI is InChI=1S/C14H16F3N5O2/c1-3-10-19-7-9(8-20-10)21-11(23)6-13(24,14(15,16)17)12-18-4-5-22(12)2/h4-5,7-8,24H,3,6H2,1-2H3,(H,21,23). The van der Waals surface area contributed by atoms with Crippen molar-refractivity contribution in [3.05, 3.63) is 36.4 Å². The maximum atomic E-state index is 13.3. The number of hydrogen-bond donors (Lipinski definition) is 2. The monoisotopic (exact) mass is 343 g/mol. The molecule has 0 aromatic carbocycles. The van der Waals surface area contributed by atoms with Gasteiger partial charge in [0.2, 0.25) is 11.5 Å². The predicted octanol–water partition coefficient (Wildman–Crippen LogP) is 1.55. The first kappa shape index (κ1) is 17.9. The Morgan fingerprint density at radius 1 is 1.29 bits per heavy atom. The molecule has 1 amide bonds. The van der Waals surface area contributed by atoms with Gasteiger partial charge in [-0.25, -0.2) is 15.0 Å². The zero-order chi connectivity index (χ0) is 18.0. The molecule has 0 saturated heterocycles. The van der Waals surface area contributed by atoms with Crippen LogP contribution in [0.1, 0.15) is 25.0 Å². The summed E-state index contributed by atoms with van der Waals surface area (Å²) in [4.78, 5) is 23.4. The van der Waals surface area contributed by atoms with Crippen molar-refractivity contribution in [3.63, 3.8) is 0 Å². The lowest BCUT2D eigenvalue weighted by atomic mass is 9.97. The molecule has 0 aliphatic carbocycles. The molecule has 2 heterocycles. The van der Waals surface area contributed by atoms with Crippen molar-refractivity contribution in [3.8, 4) is 0 Å². The van der Waals surface area contributed by atoms with Gasteiger partial charge in [-0.2, -0.15) is 13.2 Å². The molecule has 0 aliphatic rings. The summed E-state index contributed by atoms with van der Waals surface area (Å²) in [5.74, 6) is -1.17. The quantitative estimate of drug-likeness (QED) is 0.859. The maximum absolute atomic E-state index is 13.3. The van der Waals surface area contributed by atoms with Gasteiger partial charge in [0.25, 0.3) is 0 Å². The van der Waals surface area contributed by atoms with Crippen molar-refractivity contribution in [2.75, 3.05) is 5.32 Å². The summed E-state index contributed by atoms with van der Waals surface area (Å²) >= 11 is 0. The SMILES string of the molecule is CCc1ncc(NC(=O)CC(O)(c2nccn2C)C(F)(F)F)cn1. The first-order valence-electron chi connectivity index (χ1n) is 7.05. The van der Waals surface area contributed by atoms with Crippen LogP contribution >= 0.6 is 0 Å². The number of carbonyl (C=O) groups is 1. The lowest BCUT2D eigenvalue weighted by Gasteiger charge is -2.29. The lowest BCUT2D eigenvalue weighted by Crippen LogP contribution is -2.46. The van der Waals surface area contributed by atoms with Gasteiger partial charge in [-0.05, 0) is 0 Å². The van der Waals surface area contributed by atoms with Crippen LogP contribution in [0.15, 0.2) is 24.8 Å². The van der Waals surface area contributed by atoms with E-state index in [2.05, 4.69) is 20.3 Å². The minimum absolute atomic E-state index is 0.140. The molecule has 24 heavy (non-hydrogen) atoms. The Kier molecular flexibility index (Phi) is 4.88. The van der Waals surface area contributed by atoms with Crippen LogP contribution in [0.4, 0.5) is 18.9 Å². The van der Waals surface area contributed by atoms with Crippen molar-refractivity contribution >= 4 is 11.6 Å². The van der Waals surface area contributed by atoms with Crippen molar-refractivity contribution in [2.24, 2.45) is 7.05 Å². The Balaban J connectivity index is 2.20. The molecule has 0 aliphatic heterocycles. The van der Waals surface area contributed by atoms with E-state index in [1.807, 2.05) is 6.92 Å². The second-order valence-electron chi connectivity index (χ2n) is 5.19. The molecule has 10 heteroatoms. The van der Waals surface area contributed by atoms with Gasteiger partial charge in [0, 0.05) is 25.9 Å². The largest absolute Gasteiger partial charge is 0.425 e. The number of aliphatic hydroxyl groups is 1. The van der Waals surface area contributed by atoms with E-state index in [0.717, 1.165) is 10.8 Å². The van der Waals surface area contributed by atoms with Crippen molar-refractivity contribution in [2.45, 2.75) is 31.5 Å². The molecule has 2 rings (SSSR count). The third-order valence-corrected chi connectivity index (χ3v) is 3.38. The normalized spacial score (nSPS) is 14.2. The highest BCUT2D eigenvalue weighted by Crippen LogP contribution is 2.40. The molecule has 0 fully saturated rings. The highest BCUT2D eigenvalue weighted by molar-refractivity contribution is 5.91. The number of amides is 1. The third kappa shape index (κ3) is 3.53. The van der Waals surface area contributed by atoms with E-state index in [-0.39, 0.29) is 5.69 Å². The highest BCUT2D eigenvalue weighted by Gasteiger charge is 2.58. The van der Waals surface area contributed by atoms with Gasteiger partial charge in [0.05, 0.1) is 24.5 Å². The van der Waals surface area contributed by atoms with Gasteiger partial charge >= 0.3 is 6.18 Å². The molecule has 0 bridgehead atoms. The van der Waals surface area contributed by atoms with E-state index >= 15 is 0 Å². The smallest absolute Gasteiger partial charge is 0.374 e. The zero-order valence-corrected chi connectivity index (χ0v) is 13.0. The van der Waals surface area contributed by atoms with Crippen molar-refractivity contribution in [1.29, 1.82) is 0 Å². The highest BCUT2D eigenvalue weighted by atomic mass is 19.4. The second kappa shape index (κ2) is 6.56. The summed E-state index contributed by atoms with van der Waals surface area (Å²) < 4.78 is 41.0. The molecule has 2 N–H and O–H groups in total. The van der Waals surface area contributed by atoms with Crippen molar-refractivity contribution < 1.29 is 23.1 Å². The van der Waals surface area contributed by atoms with Crippen LogP contribution in [-0.2, 0) is 23.9 Å². The number of halogens is 3. The third-order valence-electron chi connectivity index (χ3n) is 3.38. The number of hydrogen-bond acceptors (Lipinski definition) is 5. The fraction of sp³-hybridized carbons (Fsp3) is 0.429. The van der Waals surface area contributed by atoms with E-state index < -0.39 is 29.9 Å². The average Bonchev–Trinajstić information content (AvgIpc) is 2.93. The average molecular weight is 343 g/mol. The molecule has 2 aromatic heterocycles. The topological polar surface area (TPSA) is 92.9 Å². The molecule has 0 spiro atoms. The van der Waals surface area contributed by atoms with Gasteiger partial charge in [-0.1, -0.05) is 6.92 Å². The van der Waals surface area contributed by atoms with E-state index in [9.17, 15) is 23.1 Å². The van der Waals surface area contributed by atoms with Crippen LogP contribution in [0.25, 0.3) is 0 Å². The lowest BCUT2D eigenvalue weighted by molar-refractivity contribution is -0.270. The van der Waals surface area contributed by atoms with Crippen molar-refractivity contribution in [1.82, 2.24) is 19.5 Å². The summed E-state index contributed by atoms with van der Waals surface area (Å²) in [6, 6.07) is 0. The second-order valence-corrected chi connectivity index (χ2v) is 5.19. The molecule has 1 atom stereocenters. The van der Waals surface area contributed by atoms with Gasteiger partial charge in [-0.3, -0.25) is 4.79 Å². The number of anilines is 1. The first-order chi connectivity index (χ1) is 11.2. The number of nitrogens with zero attached hydrogens (tertiary/aromatic N) is 4. The van der Waals surface area contributed by atoms with Crippen LogP contribution in [0.3, 0.4) is 0 Å². The fourth-order valence-corrected chi connectivity index (χ4v) is 2.11. The Labute approximate surface area is 135 Å². The molecule has 1 unspecified atom stereocenters. The number of nitrogens with one attached hydrogen (secondary N) is 1. The molecular formula is C14H16F3N5O2. The van der Waals surface area contributed by atoms with E-state index in [0.29, 0.717) is 12.2 Å². The predicted molar refractivity (Wildman–Crippen MR) is 77.8 cm³/mol. The number of alkyl halides is 3. The maximum Gasteiger partial charge on any atom is 0.425 e. The van der Waals surface area contributed by atoms with Gasteiger partial charge in [-0.15, -0.1) is 0 Å². The Morgan fingerprint density at radius 3 is 2.38 bits per heavy atom. The van der Waals surface area contributed by atoms with E-state index in [1.165, 1.54) is 25.6 Å². The zero-order valence-electron chi connectivity index (χ0n) is 13.0. The van der Waals surface area contributed by atoms with Crippen LogP contribution in [-0.4, -0.2) is 36.7 Å². The number of carbonyl (C=O) groups excluding carboxylic acids is 1. The van der Waals surface area contributed by atoms with Crippen LogP contribution in [0, 0.1) is 0 Å². The van der Waals surface area contributed by atoms with Gasteiger partial charge < -0.3 is 15.0 Å². The Hall–Kier alpha value is -2.49. The number of imidazole rings is 1. The summed E-state index contributed by atoms with van der Waals surface area (Å²) in [5, 5.41) is 12.4. The molecule has 2 aromatic rings. The fourth-order valence-electron chi connectivity index (χ4n) is 2.11. The van der Waals surface area contributed by atoms with Gasteiger partial charge in [0.15, 0.2) is 5.82 Å². The van der Waals surface area contributed by atoms with Crippen LogP contribution in [0.2, 0.25) is 0 Å². The van der Waals surface area contributed by atoms with E-state index in [1.54, 1.807) is 0 Å². The minimum atomic E-state index is -5.08. The minimum Gasteiger partial charge on any atom is -0.374 e. The Bertz CT molecular complexity index is 714. The molecule has 130 valence electrons. The molecule has 0 radical (unpaired) electrons. The molecule has 7 nitrogen and oxygen atoms in total. The van der Waals surface area contributed by atoms with E-state index in [4.69, 9.17) is 0 Å². The van der Waals surface area contributed by atoms with Crippen LogP contribution < -0.4 is 5.32 Å². The summed E-state index contributed by atoms with van der Waals surface area (Å²) in [7, 11) is 1.30. The number of aromatic nitrogens is 4. The van der Waals surface area contributed by atoms with Gasteiger partial charge in [0.1, 0.15) is 5.82 Å². The summed E-state index contributed by atoms with van der Waals surface area (Å²) in [5.41, 5.74) is -3.26. The van der Waals surface area contributed by atoms with Crippen LogP contribution in [0.5, 0.6) is 0 Å². The first-order valence-corrected chi connectivity index (χ1v) is 7.05. The Morgan fingerprint density at radius 2 is 1.92 bits per heavy atom. The summed E-state index contributed by atoms with van der Waals surface area (Å²) in [6.07, 6.45) is -0.791. The number of rotatable bonds is 5. The molecular weight excluding hydrogens is 327 g/mol.